The molecule has 1 aromatic carbocycles. The minimum Gasteiger partial charge on any atom is -0.494 e. The van der Waals surface area contributed by atoms with Crippen LogP contribution in [0.15, 0.2) is 24.3 Å². The summed E-state index contributed by atoms with van der Waals surface area (Å²) in [5, 5.41) is 2.83. The second-order valence-corrected chi connectivity index (χ2v) is 5.39. The van der Waals surface area contributed by atoms with Crippen molar-refractivity contribution in [2.45, 2.75) is 26.2 Å². The second-order valence-electron chi connectivity index (χ2n) is 5.39. The third kappa shape index (κ3) is 7.22. The Morgan fingerprint density at radius 2 is 1.82 bits per heavy atom. The minimum absolute atomic E-state index is 0.0218. The first-order chi connectivity index (χ1) is 10.5. The Bertz CT molecular complexity index is 469. The van der Waals surface area contributed by atoms with Crippen molar-refractivity contribution >= 4 is 11.7 Å². The molecular weight excluding hydrogens is 280 g/mol. The van der Waals surface area contributed by atoms with Crippen molar-refractivity contribution in [3.05, 3.63) is 29.8 Å². The first-order valence-corrected chi connectivity index (χ1v) is 7.70. The molecule has 0 saturated carbocycles. The number of rotatable bonds is 10. The fourth-order valence-electron chi connectivity index (χ4n) is 1.99. The molecule has 22 heavy (non-hydrogen) atoms. The molecule has 0 atom stereocenters. The van der Waals surface area contributed by atoms with Crippen LogP contribution in [-0.4, -0.2) is 50.4 Å². The van der Waals surface area contributed by atoms with Gasteiger partial charge in [-0.3, -0.25) is 9.59 Å². The Hall–Kier alpha value is -1.88. The molecule has 122 valence electrons. The molecule has 1 aromatic rings. The van der Waals surface area contributed by atoms with Gasteiger partial charge in [0.15, 0.2) is 5.78 Å². The molecular formula is C17H26N2O3. The molecule has 0 aliphatic heterocycles. The van der Waals surface area contributed by atoms with Gasteiger partial charge in [0.05, 0.1) is 6.61 Å². The van der Waals surface area contributed by atoms with E-state index < -0.39 is 0 Å². The summed E-state index contributed by atoms with van der Waals surface area (Å²) in [6.07, 6.45) is 1.37. The monoisotopic (exact) mass is 306 g/mol. The lowest BCUT2D eigenvalue weighted by molar-refractivity contribution is -0.121. The number of carbonyl (C=O) groups excluding carboxylic acids is 2. The Balaban J connectivity index is 2.28. The first kappa shape index (κ1) is 18.2. The van der Waals surface area contributed by atoms with Crippen molar-refractivity contribution in [2.24, 2.45) is 0 Å². The molecule has 0 aromatic heterocycles. The van der Waals surface area contributed by atoms with Crippen LogP contribution < -0.4 is 10.1 Å². The summed E-state index contributed by atoms with van der Waals surface area (Å²) in [4.78, 5) is 25.7. The Morgan fingerprint density at radius 1 is 1.14 bits per heavy atom. The maximum absolute atomic E-state index is 12.0. The molecule has 0 saturated heterocycles. The largest absolute Gasteiger partial charge is 0.494 e. The molecule has 0 aliphatic rings. The second kappa shape index (κ2) is 9.95. The van der Waals surface area contributed by atoms with Gasteiger partial charge >= 0.3 is 0 Å². The highest BCUT2D eigenvalue weighted by Gasteiger charge is 2.09. The topological polar surface area (TPSA) is 58.6 Å². The summed E-state index contributed by atoms with van der Waals surface area (Å²) in [6.45, 7) is 4.09. The number of ether oxygens (including phenoxy) is 1. The normalized spacial score (nSPS) is 10.5. The highest BCUT2D eigenvalue weighted by Crippen LogP contribution is 2.13. The smallest absolute Gasteiger partial charge is 0.220 e. The highest BCUT2D eigenvalue weighted by molar-refractivity contribution is 5.98. The fourth-order valence-corrected chi connectivity index (χ4v) is 1.99. The predicted molar refractivity (Wildman–Crippen MR) is 87.4 cm³/mol. The van der Waals surface area contributed by atoms with E-state index in [9.17, 15) is 9.59 Å². The quantitative estimate of drug-likeness (QED) is 0.531. The average molecular weight is 306 g/mol. The van der Waals surface area contributed by atoms with Crippen LogP contribution in [0.4, 0.5) is 0 Å². The minimum atomic E-state index is -0.0713. The number of amides is 1. The van der Waals surface area contributed by atoms with Crippen molar-refractivity contribution in [3.63, 3.8) is 0 Å². The molecule has 0 fully saturated rings. The van der Waals surface area contributed by atoms with Crippen LogP contribution in [0.3, 0.4) is 0 Å². The predicted octanol–water partition coefficient (Wildman–Crippen LogP) is 2.12. The maximum Gasteiger partial charge on any atom is 0.220 e. The molecule has 0 unspecified atom stereocenters. The zero-order valence-corrected chi connectivity index (χ0v) is 13.7. The van der Waals surface area contributed by atoms with Gasteiger partial charge in [0.1, 0.15) is 5.75 Å². The SMILES string of the molecule is CCOc1ccc(C(=O)CCC(=O)NCCCN(C)C)cc1. The van der Waals surface area contributed by atoms with Gasteiger partial charge in [-0.2, -0.15) is 0 Å². The van der Waals surface area contributed by atoms with Crippen LogP contribution in [0.5, 0.6) is 5.75 Å². The zero-order valence-electron chi connectivity index (χ0n) is 13.7. The van der Waals surface area contributed by atoms with Crippen molar-refractivity contribution in [2.75, 3.05) is 33.8 Å². The molecule has 0 aliphatic carbocycles. The number of Topliss-reactive ketones (excluding diaryl/α,β-unsaturated/α-hetero) is 1. The third-order valence-corrected chi connectivity index (χ3v) is 3.17. The lowest BCUT2D eigenvalue weighted by Gasteiger charge is -2.09. The van der Waals surface area contributed by atoms with Gasteiger partial charge in [0.2, 0.25) is 5.91 Å². The van der Waals surface area contributed by atoms with Gasteiger partial charge < -0.3 is 15.0 Å². The summed E-state index contributed by atoms with van der Waals surface area (Å²) in [6, 6.07) is 7.03. The summed E-state index contributed by atoms with van der Waals surface area (Å²) < 4.78 is 5.33. The van der Waals surface area contributed by atoms with Crippen LogP contribution in [-0.2, 0) is 4.79 Å². The molecule has 5 heteroatoms. The maximum atomic E-state index is 12.0. The molecule has 0 heterocycles. The molecule has 1 rings (SSSR count). The van der Waals surface area contributed by atoms with E-state index in [4.69, 9.17) is 4.74 Å². The van der Waals surface area contributed by atoms with Gasteiger partial charge in [0, 0.05) is 24.9 Å². The van der Waals surface area contributed by atoms with Crippen molar-refractivity contribution in [1.82, 2.24) is 10.2 Å². The lowest BCUT2D eigenvalue weighted by Crippen LogP contribution is -2.27. The Labute approximate surface area is 132 Å². The van der Waals surface area contributed by atoms with Crippen LogP contribution >= 0.6 is 0 Å². The Kier molecular flexibility index (Phi) is 8.22. The molecule has 0 radical (unpaired) electrons. The van der Waals surface area contributed by atoms with E-state index in [1.54, 1.807) is 24.3 Å². The van der Waals surface area contributed by atoms with Gasteiger partial charge in [-0.05, 0) is 58.3 Å². The van der Waals surface area contributed by atoms with Gasteiger partial charge in [-0.15, -0.1) is 0 Å². The first-order valence-electron chi connectivity index (χ1n) is 7.70. The molecule has 1 amide bonds. The number of ketones is 1. The summed E-state index contributed by atoms with van der Waals surface area (Å²) in [5.74, 6) is 0.655. The van der Waals surface area contributed by atoms with E-state index >= 15 is 0 Å². The highest BCUT2D eigenvalue weighted by atomic mass is 16.5. The van der Waals surface area contributed by atoms with Crippen molar-refractivity contribution in [3.8, 4) is 5.75 Å². The molecule has 0 spiro atoms. The van der Waals surface area contributed by atoms with Crippen LogP contribution in [0.2, 0.25) is 0 Å². The van der Waals surface area contributed by atoms with Crippen LogP contribution in [0, 0.1) is 0 Å². The van der Waals surface area contributed by atoms with Gasteiger partial charge in [0.25, 0.3) is 0 Å². The molecule has 1 N–H and O–H groups in total. The van der Waals surface area contributed by atoms with Gasteiger partial charge in [-0.25, -0.2) is 0 Å². The lowest BCUT2D eigenvalue weighted by atomic mass is 10.1. The standard InChI is InChI=1S/C17H26N2O3/c1-4-22-15-8-6-14(7-9-15)16(20)10-11-17(21)18-12-5-13-19(2)3/h6-9H,4-5,10-13H2,1-3H3,(H,18,21). The summed E-state index contributed by atoms with van der Waals surface area (Å²) >= 11 is 0. The molecule has 0 bridgehead atoms. The van der Waals surface area contributed by atoms with E-state index in [2.05, 4.69) is 10.2 Å². The number of carbonyl (C=O) groups is 2. The number of nitrogens with zero attached hydrogens (tertiary/aromatic N) is 1. The fraction of sp³-hybridized carbons (Fsp3) is 0.529. The van der Waals surface area contributed by atoms with E-state index in [-0.39, 0.29) is 24.5 Å². The van der Waals surface area contributed by atoms with E-state index in [0.29, 0.717) is 18.7 Å². The number of hydrogen-bond acceptors (Lipinski definition) is 4. The van der Waals surface area contributed by atoms with Crippen LogP contribution in [0.25, 0.3) is 0 Å². The average Bonchev–Trinajstić information content (AvgIpc) is 2.50. The van der Waals surface area contributed by atoms with Crippen molar-refractivity contribution in [1.29, 1.82) is 0 Å². The Morgan fingerprint density at radius 3 is 2.41 bits per heavy atom. The van der Waals surface area contributed by atoms with E-state index in [1.807, 2.05) is 21.0 Å². The molecule has 5 nitrogen and oxygen atoms in total. The number of hydrogen-bond donors (Lipinski definition) is 1. The summed E-state index contributed by atoms with van der Waals surface area (Å²) in [7, 11) is 3.99. The van der Waals surface area contributed by atoms with Gasteiger partial charge in [-0.1, -0.05) is 0 Å². The third-order valence-electron chi connectivity index (χ3n) is 3.17. The number of benzene rings is 1. The van der Waals surface area contributed by atoms with E-state index in [0.717, 1.165) is 18.7 Å². The number of nitrogens with one attached hydrogen (secondary N) is 1. The van der Waals surface area contributed by atoms with Crippen LogP contribution in [0.1, 0.15) is 36.5 Å². The van der Waals surface area contributed by atoms with E-state index in [1.165, 1.54) is 0 Å². The van der Waals surface area contributed by atoms with Crippen molar-refractivity contribution < 1.29 is 14.3 Å². The summed E-state index contributed by atoms with van der Waals surface area (Å²) in [5.41, 5.74) is 0.615. The zero-order chi connectivity index (χ0) is 16.4.